The summed E-state index contributed by atoms with van der Waals surface area (Å²) in [5, 5.41) is 19.4. The van der Waals surface area contributed by atoms with Gasteiger partial charge in [-0.05, 0) is 26.0 Å². The lowest BCUT2D eigenvalue weighted by atomic mass is 10.0. The van der Waals surface area contributed by atoms with Crippen LogP contribution in [-0.4, -0.2) is 21.2 Å². The molecule has 16 heavy (non-hydrogen) atoms. The van der Waals surface area contributed by atoms with Crippen molar-refractivity contribution in [2.45, 2.75) is 20.0 Å². The second kappa shape index (κ2) is 3.64. The smallest absolute Gasteiger partial charge is 0.336 e. The van der Waals surface area contributed by atoms with Crippen LogP contribution in [0.25, 0.3) is 10.9 Å². The lowest BCUT2D eigenvalue weighted by molar-refractivity contribution is 0.0699. The summed E-state index contributed by atoms with van der Waals surface area (Å²) in [4.78, 5) is 14.2. The molecular weight excluding hydrogens is 206 g/mol. The van der Waals surface area contributed by atoms with E-state index in [1.807, 2.05) is 6.92 Å². The Bertz CT molecular complexity index is 555. The molecule has 0 aliphatic rings. The average Bonchev–Trinajstić information content (AvgIpc) is 2.52. The molecule has 0 bridgehead atoms. The number of aromatic carboxylic acids is 1. The second-order valence-corrected chi connectivity index (χ2v) is 3.87. The Morgan fingerprint density at radius 3 is 2.69 bits per heavy atom. The van der Waals surface area contributed by atoms with Crippen molar-refractivity contribution in [3.05, 3.63) is 35.0 Å². The van der Waals surface area contributed by atoms with Crippen molar-refractivity contribution >= 4 is 16.9 Å². The summed E-state index contributed by atoms with van der Waals surface area (Å²) in [6.07, 6.45) is -0.686. The molecule has 0 radical (unpaired) electrons. The van der Waals surface area contributed by atoms with Crippen LogP contribution in [0.1, 0.15) is 34.6 Å². The van der Waals surface area contributed by atoms with Crippen LogP contribution in [0.3, 0.4) is 0 Å². The Labute approximate surface area is 92.5 Å². The molecule has 0 amide bonds. The Morgan fingerprint density at radius 2 is 2.12 bits per heavy atom. The number of aliphatic hydroxyl groups excluding tert-OH is 1. The summed E-state index contributed by atoms with van der Waals surface area (Å²) in [7, 11) is 0. The first-order chi connectivity index (χ1) is 7.52. The zero-order chi connectivity index (χ0) is 11.9. The summed E-state index contributed by atoms with van der Waals surface area (Å²) in [5.41, 5.74) is 2.43. The van der Waals surface area contributed by atoms with Crippen molar-refractivity contribution in [2.24, 2.45) is 0 Å². The molecule has 1 aromatic heterocycles. The van der Waals surface area contributed by atoms with Gasteiger partial charge in [0.25, 0.3) is 0 Å². The van der Waals surface area contributed by atoms with E-state index in [2.05, 4.69) is 4.98 Å². The van der Waals surface area contributed by atoms with Gasteiger partial charge in [0.1, 0.15) is 0 Å². The fraction of sp³-hybridized carbons (Fsp3) is 0.250. The monoisotopic (exact) mass is 219 g/mol. The molecule has 3 N–H and O–H groups in total. The number of aromatic nitrogens is 1. The molecular formula is C12H13NO3. The van der Waals surface area contributed by atoms with Crippen LogP contribution in [0.4, 0.5) is 0 Å². The molecule has 0 fully saturated rings. The van der Waals surface area contributed by atoms with Crippen molar-refractivity contribution in [3.8, 4) is 0 Å². The van der Waals surface area contributed by atoms with E-state index in [1.165, 1.54) is 0 Å². The number of aryl methyl sites for hydroxylation is 1. The first-order valence-corrected chi connectivity index (χ1v) is 5.05. The highest BCUT2D eigenvalue weighted by Gasteiger charge is 2.18. The Morgan fingerprint density at radius 1 is 1.44 bits per heavy atom. The van der Waals surface area contributed by atoms with Gasteiger partial charge in [-0.1, -0.05) is 6.07 Å². The molecule has 0 spiro atoms. The van der Waals surface area contributed by atoms with E-state index in [1.54, 1.807) is 25.1 Å². The van der Waals surface area contributed by atoms with Crippen LogP contribution < -0.4 is 0 Å². The maximum absolute atomic E-state index is 11.1. The maximum Gasteiger partial charge on any atom is 0.336 e. The summed E-state index contributed by atoms with van der Waals surface area (Å²) < 4.78 is 0. The SMILES string of the molecule is Cc1[nH]c2cccc(C(=O)O)c2c1C(C)O. The van der Waals surface area contributed by atoms with E-state index < -0.39 is 12.1 Å². The largest absolute Gasteiger partial charge is 0.478 e. The first-order valence-electron chi connectivity index (χ1n) is 5.05. The van der Waals surface area contributed by atoms with Crippen LogP contribution in [0.15, 0.2) is 18.2 Å². The summed E-state index contributed by atoms with van der Waals surface area (Å²) in [6, 6.07) is 5.04. The number of H-pyrrole nitrogens is 1. The maximum atomic E-state index is 11.1. The molecule has 84 valence electrons. The average molecular weight is 219 g/mol. The van der Waals surface area contributed by atoms with Gasteiger partial charge in [-0.3, -0.25) is 0 Å². The highest BCUT2D eigenvalue weighted by atomic mass is 16.4. The number of aliphatic hydroxyl groups is 1. The highest BCUT2D eigenvalue weighted by molar-refractivity contribution is 6.04. The molecule has 2 aromatic rings. The number of benzene rings is 1. The molecule has 4 heteroatoms. The summed E-state index contributed by atoms with van der Waals surface area (Å²) in [6.45, 7) is 3.46. The van der Waals surface area contributed by atoms with Crippen LogP contribution in [0.2, 0.25) is 0 Å². The number of nitrogens with one attached hydrogen (secondary N) is 1. The Kier molecular flexibility index (Phi) is 2.44. The van der Waals surface area contributed by atoms with Gasteiger partial charge < -0.3 is 15.2 Å². The standard InChI is InChI=1S/C12H13NO3/c1-6-10(7(2)14)11-8(12(15)16)4-3-5-9(11)13-6/h3-5,7,13-14H,1-2H3,(H,15,16). The predicted octanol–water partition coefficient (Wildman–Crippen LogP) is 2.23. The molecule has 0 saturated carbocycles. The van der Waals surface area contributed by atoms with Gasteiger partial charge in [-0.2, -0.15) is 0 Å². The van der Waals surface area contributed by atoms with Crippen molar-refractivity contribution in [3.63, 3.8) is 0 Å². The number of carboxylic acids is 1. The predicted molar refractivity (Wildman–Crippen MR) is 60.6 cm³/mol. The fourth-order valence-corrected chi connectivity index (χ4v) is 2.10. The van der Waals surface area contributed by atoms with Crippen LogP contribution in [-0.2, 0) is 0 Å². The van der Waals surface area contributed by atoms with Gasteiger partial charge >= 0.3 is 5.97 Å². The van der Waals surface area contributed by atoms with Gasteiger partial charge in [-0.25, -0.2) is 4.79 Å². The fourth-order valence-electron chi connectivity index (χ4n) is 2.10. The summed E-state index contributed by atoms with van der Waals surface area (Å²) >= 11 is 0. The van der Waals surface area contributed by atoms with E-state index in [9.17, 15) is 9.90 Å². The number of hydrogen-bond donors (Lipinski definition) is 3. The molecule has 0 aliphatic heterocycles. The van der Waals surface area contributed by atoms with E-state index >= 15 is 0 Å². The molecule has 0 saturated heterocycles. The minimum atomic E-state index is -0.980. The lowest BCUT2D eigenvalue weighted by Gasteiger charge is -2.06. The van der Waals surface area contributed by atoms with Crippen molar-refractivity contribution in [1.82, 2.24) is 4.98 Å². The quantitative estimate of drug-likeness (QED) is 0.725. The lowest BCUT2D eigenvalue weighted by Crippen LogP contribution is -2.00. The van der Waals surface area contributed by atoms with E-state index in [0.717, 1.165) is 11.2 Å². The third-order valence-electron chi connectivity index (χ3n) is 2.71. The van der Waals surface area contributed by atoms with Gasteiger partial charge in [0.2, 0.25) is 0 Å². The van der Waals surface area contributed by atoms with E-state index in [-0.39, 0.29) is 5.56 Å². The molecule has 1 atom stereocenters. The summed E-state index contributed by atoms with van der Waals surface area (Å²) in [5.74, 6) is -0.980. The van der Waals surface area contributed by atoms with Crippen molar-refractivity contribution in [1.29, 1.82) is 0 Å². The molecule has 2 rings (SSSR count). The molecule has 0 aliphatic carbocycles. The molecule has 4 nitrogen and oxygen atoms in total. The van der Waals surface area contributed by atoms with Crippen LogP contribution in [0, 0.1) is 6.92 Å². The van der Waals surface area contributed by atoms with E-state index in [4.69, 9.17) is 5.11 Å². The van der Waals surface area contributed by atoms with Gasteiger partial charge in [0.15, 0.2) is 0 Å². The number of carboxylic acid groups (broad SMARTS) is 1. The second-order valence-electron chi connectivity index (χ2n) is 3.87. The highest BCUT2D eigenvalue weighted by Crippen LogP contribution is 2.30. The van der Waals surface area contributed by atoms with Crippen LogP contribution >= 0.6 is 0 Å². The minimum Gasteiger partial charge on any atom is -0.478 e. The first kappa shape index (κ1) is 10.7. The minimum absolute atomic E-state index is 0.220. The topological polar surface area (TPSA) is 73.3 Å². The molecule has 1 heterocycles. The normalized spacial score (nSPS) is 12.9. The third kappa shape index (κ3) is 1.47. The van der Waals surface area contributed by atoms with E-state index in [0.29, 0.717) is 10.9 Å². The number of fused-ring (bicyclic) bond motifs is 1. The number of rotatable bonds is 2. The Balaban J connectivity index is 2.88. The van der Waals surface area contributed by atoms with Crippen molar-refractivity contribution in [2.75, 3.05) is 0 Å². The van der Waals surface area contributed by atoms with Gasteiger partial charge in [-0.15, -0.1) is 0 Å². The number of hydrogen-bond acceptors (Lipinski definition) is 2. The van der Waals surface area contributed by atoms with Crippen LogP contribution in [0.5, 0.6) is 0 Å². The molecule has 1 aromatic carbocycles. The van der Waals surface area contributed by atoms with Crippen molar-refractivity contribution < 1.29 is 15.0 Å². The van der Waals surface area contributed by atoms with Gasteiger partial charge in [0, 0.05) is 22.2 Å². The zero-order valence-electron chi connectivity index (χ0n) is 9.11. The zero-order valence-corrected chi connectivity index (χ0v) is 9.11. The Hall–Kier alpha value is -1.81. The van der Waals surface area contributed by atoms with Gasteiger partial charge in [0.05, 0.1) is 11.7 Å². The number of aromatic amines is 1. The molecule has 1 unspecified atom stereocenters. The third-order valence-corrected chi connectivity index (χ3v) is 2.71. The number of carbonyl (C=O) groups is 1.